The molecular formula is C18H14ClN3O3S. The van der Waals surface area contributed by atoms with Crippen LogP contribution in [0.1, 0.15) is 10.4 Å². The number of hydrogen-bond acceptors (Lipinski definition) is 5. The molecule has 26 heavy (non-hydrogen) atoms. The van der Waals surface area contributed by atoms with Crippen LogP contribution in [-0.2, 0) is 11.3 Å². The van der Waals surface area contributed by atoms with Crippen molar-refractivity contribution < 1.29 is 9.53 Å². The van der Waals surface area contributed by atoms with Crippen molar-refractivity contribution in [3.05, 3.63) is 68.7 Å². The highest BCUT2D eigenvalue weighted by Crippen LogP contribution is 2.25. The summed E-state index contributed by atoms with van der Waals surface area (Å²) in [5, 5.41) is 0.693. The van der Waals surface area contributed by atoms with Crippen LogP contribution < -0.4 is 5.56 Å². The number of rotatable bonds is 4. The molecule has 8 heteroatoms. The smallest absolute Gasteiger partial charge is 0.338 e. The molecule has 2 heterocycles. The number of benzene rings is 1. The van der Waals surface area contributed by atoms with E-state index in [1.165, 1.54) is 13.2 Å². The number of methoxy groups -OCH3 is 1. The topological polar surface area (TPSA) is 77.0 Å². The molecule has 1 aromatic carbocycles. The minimum absolute atomic E-state index is 0.108. The molecule has 0 aliphatic carbocycles. The second-order valence-electron chi connectivity index (χ2n) is 5.41. The molecular weight excluding hydrogens is 374 g/mol. The first-order chi connectivity index (χ1) is 12.5. The lowest BCUT2D eigenvalue weighted by Gasteiger charge is -2.12. The molecule has 0 spiro atoms. The Morgan fingerprint density at radius 1 is 1.42 bits per heavy atom. The number of H-pyrrole nitrogens is 1. The summed E-state index contributed by atoms with van der Waals surface area (Å²) in [6.07, 6.45) is 1.63. The summed E-state index contributed by atoms with van der Waals surface area (Å²) in [5.74, 6) is -0.639. The van der Waals surface area contributed by atoms with Crippen molar-refractivity contribution in [1.29, 1.82) is 0 Å². The van der Waals surface area contributed by atoms with Crippen LogP contribution in [0.4, 0.5) is 0 Å². The number of pyridine rings is 1. The fourth-order valence-corrected chi connectivity index (χ4v) is 2.99. The molecule has 0 amide bonds. The Balaban J connectivity index is 2.45. The standard InChI is InChI=1S/C18H14ClN3O3S/c1-3-8-22-15-14(16(23)21-18(22)26)12(17(24)25-2)9-13(20-15)10-4-6-11(19)7-5-10/h3-7,9H,1,8H2,2H3,(H,21,23,26). The normalized spacial score (nSPS) is 10.7. The first-order valence-electron chi connectivity index (χ1n) is 7.59. The number of allylic oxidation sites excluding steroid dienone is 1. The Bertz CT molecular complexity index is 1130. The summed E-state index contributed by atoms with van der Waals surface area (Å²) >= 11 is 11.2. The summed E-state index contributed by atoms with van der Waals surface area (Å²) in [5.41, 5.74) is 1.12. The van der Waals surface area contributed by atoms with Crippen molar-refractivity contribution >= 4 is 40.8 Å². The third-order valence-corrected chi connectivity index (χ3v) is 4.38. The van der Waals surface area contributed by atoms with Gasteiger partial charge in [-0.05, 0) is 30.4 Å². The molecule has 0 aliphatic rings. The van der Waals surface area contributed by atoms with Crippen LogP contribution in [-0.4, -0.2) is 27.6 Å². The maximum Gasteiger partial charge on any atom is 0.338 e. The summed E-state index contributed by atoms with van der Waals surface area (Å²) in [7, 11) is 1.25. The van der Waals surface area contributed by atoms with Gasteiger partial charge in [0.15, 0.2) is 4.77 Å². The maximum atomic E-state index is 12.5. The Labute approximate surface area is 158 Å². The predicted octanol–water partition coefficient (Wildman–Crippen LogP) is 3.75. The number of ether oxygens (including phenoxy) is 1. The third kappa shape index (κ3) is 3.18. The zero-order valence-corrected chi connectivity index (χ0v) is 15.4. The Morgan fingerprint density at radius 3 is 2.73 bits per heavy atom. The van der Waals surface area contributed by atoms with Crippen LogP contribution in [0.15, 0.2) is 47.8 Å². The lowest BCUT2D eigenvalue weighted by molar-refractivity contribution is 0.0603. The van der Waals surface area contributed by atoms with Crippen molar-refractivity contribution in [3.63, 3.8) is 0 Å². The molecule has 1 N–H and O–H groups in total. The summed E-state index contributed by atoms with van der Waals surface area (Å²) < 4.78 is 6.64. The molecule has 0 bridgehead atoms. The van der Waals surface area contributed by atoms with Crippen LogP contribution in [0.25, 0.3) is 22.3 Å². The summed E-state index contributed by atoms with van der Waals surface area (Å²) in [6, 6.07) is 8.51. The number of carbonyl (C=O) groups excluding carboxylic acids is 1. The van der Waals surface area contributed by atoms with E-state index in [0.29, 0.717) is 17.3 Å². The van der Waals surface area contributed by atoms with Crippen molar-refractivity contribution in [3.8, 4) is 11.3 Å². The first kappa shape index (κ1) is 18.0. The van der Waals surface area contributed by atoms with Gasteiger partial charge < -0.3 is 4.74 Å². The number of halogens is 1. The number of nitrogens with zero attached hydrogens (tertiary/aromatic N) is 2. The van der Waals surface area contributed by atoms with E-state index in [2.05, 4.69) is 16.5 Å². The molecule has 3 aromatic rings. The van der Waals surface area contributed by atoms with Crippen molar-refractivity contribution in [2.75, 3.05) is 7.11 Å². The molecule has 0 unspecified atom stereocenters. The van der Waals surface area contributed by atoms with Crippen LogP contribution in [0.5, 0.6) is 0 Å². The average Bonchev–Trinajstić information content (AvgIpc) is 2.64. The van der Waals surface area contributed by atoms with Crippen LogP contribution in [0.3, 0.4) is 0 Å². The molecule has 3 rings (SSSR count). The molecule has 0 atom stereocenters. The molecule has 0 aliphatic heterocycles. The molecule has 0 fully saturated rings. The fourth-order valence-electron chi connectivity index (χ4n) is 2.61. The van der Waals surface area contributed by atoms with Gasteiger partial charge in [-0.15, -0.1) is 6.58 Å². The minimum atomic E-state index is -0.639. The fraction of sp³-hybridized carbons (Fsp3) is 0.111. The van der Waals surface area contributed by atoms with Gasteiger partial charge in [-0.3, -0.25) is 14.3 Å². The van der Waals surface area contributed by atoms with E-state index in [4.69, 9.17) is 28.6 Å². The van der Waals surface area contributed by atoms with Gasteiger partial charge in [-0.2, -0.15) is 0 Å². The Morgan fingerprint density at radius 2 is 2.12 bits per heavy atom. The zero-order valence-electron chi connectivity index (χ0n) is 13.8. The highest BCUT2D eigenvalue weighted by Gasteiger charge is 2.19. The van der Waals surface area contributed by atoms with Gasteiger partial charge in [0.2, 0.25) is 0 Å². The van der Waals surface area contributed by atoms with Gasteiger partial charge in [-0.25, -0.2) is 9.78 Å². The lowest BCUT2D eigenvalue weighted by Crippen LogP contribution is -2.19. The van der Waals surface area contributed by atoms with E-state index in [-0.39, 0.29) is 21.4 Å². The molecule has 0 saturated carbocycles. The van der Waals surface area contributed by atoms with Crippen molar-refractivity contribution in [1.82, 2.24) is 14.5 Å². The highest BCUT2D eigenvalue weighted by atomic mass is 35.5. The molecule has 2 aromatic heterocycles. The van der Waals surface area contributed by atoms with Crippen LogP contribution in [0.2, 0.25) is 5.02 Å². The zero-order chi connectivity index (χ0) is 18.8. The summed E-state index contributed by atoms with van der Waals surface area (Å²) in [4.78, 5) is 31.9. The average molecular weight is 388 g/mol. The largest absolute Gasteiger partial charge is 0.465 e. The van der Waals surface area contributed by atoms with Crippen LogP contribution >= 0.6 is 23.8 Å². The number of nitrogens with one attached hydrogen (secondary N) is 1. The van der Waals surface area contributed by atoms with Gasteiger partial charge in [0.05, 0.1) is 23.8 Å². The number of carbonyl (C=O) groups is 1. The van der Waals surface area contributed by atoms with E-state index in [1.807, 2.05) is 0 Å². The lowest BCUT2D eigenvalue weighted by atomic mass is 10.1. The van der Waals surface area contributed by atoms with E-state index in [9.17, 15) is 9.59 Å². The van der Waals surface area contributed by atoms with Crippen LogP contribution in [0, 0.1) is 4.77 Å². The maximum absolute atomic E-state index is 12.5. The van der Waals surface area contributed by atoms with Gasteiger partial charge >= 0.3 is 5.97 Å². The molecule has 0 radical (unpaired) electrons. The third-order valence-electron chi connectivity index (χ3n) is 3.81. The van der Waals surface area contributed by atoms with E-state index >= 15 is 0 Å². The number of fused-ring (bicyclic) bond motifs is 1. The van der Waals surface area contributed by atoms with E-state index < -0.39 is 11.5 Å². The number of esters is 1. The minimum Gasteiger partial charge on any atom is -0.465 e. The SMILES string of the molecule is C=CCn1c(=S)[nH]c(=O)c2c(C(=O)OC)cc(-c3ccc(Cl)cc3)nc21. The number of aromatic nitrogens is 3. The van der Waals surface area contributed by atoms with Gasteiger partial charge in [0.1, 0.15) is 5.65 Å². The van der Waals surface area contributed by atoms with Crippen molar-refractivity contribution in [2.24, 2.45) is 0 Å². The monoisotopic (exact) mass is 387 g/mol. The first-order valence-corrected chi connectivity index (χ1v) is 8.38. The van der Waals surface area contributed by atoms with Gasteiger partial charge in [0, 0.05) is 17.1 Å². The molecule has 0 saturated heterocycles. The molecule has 6 nitrogen and oxygen atoms in total. The highest BCUT2D eigenvalue weighted by molar-refractivity contribution is 7.71. The molecule has 132 valence electrons. The van der Waals surface area contributed by atoms with E-state index in [1.54, 1.807) is 34.9 Å². The number of aromatic amines is 1. The van der Waals surface area contributed by atoms with Gasteiger partial charge in [-0.1, -0.05) is 29.8 Å². The van der Waals surface area contributed by atoms with Gasteiger partial charge in [0.25, 0.3) is 5.56 Å². The second kappa shape index (κ2) is 7.23. The Hall–Kier alpha value is -2.77. The van der Waals surface area contributed by atoms with E-state index in [0.717, 1.165) is 5.56 Å². The Kier molecular flexibility index (Phi) is 5.01. The predicted molar refractivity (Wildman–Crippen MR) is 103 cm³/mol. The second-order valence-corrected chi connectivity index (χ2v) is 6.23. The summed E-state index contributed by atoms with van der Waals surface area (Å²) in [6.45, 7) is 4.02. The number of hydrogen-bond donors (Lipinski definition) is 1. The van der Waals surface area contributed by atoms with Crippen molar-refractivity contribution in [2.45, 2.75) is 6.54 Å². The quantitative estimate of drug-likeness (QED) is 0.419.